The van der Waals surface area contributed by atoms with Gasteiger partial charge in [-0.1, -0.05) is 0 Å². The quantitative estimate of drug-likeness (QED) is 0.301. The molecule has 0 rings (SSSR count). The predicted octanol–water partition coefficient (Wildman–Crippen LogP) is -0.0100. The fourth-order valence-corrected chi connectivity index (χ4v) is 0. The predicted molar refractivity (Wildman–Crippen MR) is 0 cm³/mol. The fourth-order valence-electron chi connectivity index (χ4n) is 0. The maximum absolute atomic E-state index is 0. The average Bonchev–Trinajstić information content (AvgIpc) is 0. The average molecular weight is 951 g/mol. The largest absolute Gasteiger partial charge is 0 e. The minimum atomic E-state index is 0. The van der Waals surface area contributed by atoms with Crippen LogP contribution in [0.2, 0.25) is 0 Å². The van der Waals surface area contributed by atoms with Gasteiger partial charge in [-0.05, 0) is 0 Å². The molecular weight excluding hydrogens is 951 g/mol. The molecule has 0 nitrogen and oxygen atoms in total. The van der Waals surface area contributed by atoms with Crippen LogP contribution in [0.5, 0.6) is 0 Å². The van der Waals surface area contributed by atoms with Crippen molar-refractivity contribution in [3.63, 3.8) is 0 Å². The molecule has 0 aliphatic heterocycles. The topological polar surface area (TPSA) is 0 Å². The first kappa shape index (κ1) is 50.5. The molecule has 0 heterocycles. The molecular formula is Lu3Pd4. The maximum atomic E-state index is 0. The minimum absolute atomic E-state index is 0. The van der Waals surface area contributed by atoms with E-state index in [0.717, 1.165) is 0 Å². The van der Waals surface area contributed by atoms with Gasteiger partial charge in [0.2, 0.25) is 0 Å². The molecule has 0 aliphatic rings. The number of hydrogen-bond donors (Lipinski definition) is 0. The van der Waals surface area contributed by atoms with Crippen LogP contribution in [0.3, 0.4) is 0 Å². The Labute approximate surface area is 186 Å². The van der Waals surface area contributed by atoms with Gasteiger partial charge in [-0.15, -0.1) is 0 Å². The summed E-state index contributed by atoms with van der Waals surface area (Å²) >= 11 is 0. The Bertz CT molecular complexity index is 6.90. The van der Waals surface area contributed by atoms with Crippen LogP contribution in [0.15, 0.2) is 0 Å². The van der Waals surface area contributed by atoms with Crippen molar-refractivity contribution >= 4 is 0 Å². The molecule has 85 valence electrons. The van der Waals surface area contributed by atoms with Crippen LogP contribution in [0, 0.1) is 111 Å². The second kappa shape index (κ2) is 39.5. The van der Waals surface area contributed by atoms with E-state index in [2.05, 4.69) is 0 Å². The Morgan fingerprint density at radius 3 is 0.286 bits per heavy atom. The van der Waals surface area contributed by atoms with Crippen LogP contribution in [-0.2, 0) is 81.7 Å². The van der Waals surface area contributed by atoms with Crippen LogP contribution in [0.1, 0.15) is 0 Å². The number of hydrogen-bond acceptors (Lipinski definition) is 0. The van der Waals surface area contributed by atoms with Crippen LogP contribution in [0.25, 0.3) is 0 Å². The fraction of sp³-hybridized carbons (Fsp3) is 0. The van der Waals surface area contributed by atoms with Crippen molar-refractivity contribution in [3.05, 3.63) is 0 Å². The third-order valence-corrected chi connectivity index (χ3v) is 0. The molecule has 0 aliphatic carbocycles. The molecule has 0 atom stereocenters. The SMILES string of the molecule is [Lu].[Lu].[Lu].[Pd].[Pd].[Pd].[Pd]. The zero-order chi connectivity index (χ0) is 0. The van der Waals surface area contributed by atoms with Gasteiger partial charge in [0.25, 0.3) is 0 Å². The van der Waals surface area contributed by atoms with Crippen molar-refractivity contribution in [2.45, 2.75) is 0 Å². The Morgan fingerprint density at radius 1 is 0.286 bits per heavy atom. The van der Waals surface area contributed by atoms with Gasteiger partial charge in [-0.2, -0.15) is 0 Å². The van der Waals surface area contributed by atoms with Crippen molar-refractivity contribution in [2.24, 2.45) is 0 Å². The van der Waals surface area contributed by atoms with Crippen molar-refractivity contribution in [1.82, 2.24) is 0 Å². The van der Waals surface area contributed by atoms with Crippen molar-refractivity contribution in [1.29, 1.82) is 0 Å². The van der Waals surface area contributed by atoms with E-state index in [9.17, 15) is 0 Å². The van der Waals surface area contributed by atoms with Gasteiger partial charge in [0.15, 0.2) is 0 Å². The zero-order valence-electron chi connectivity index (χ0n) is 2.04. The van der Waals surface area contributed by atoms with Gasteiger partial charge in [0.05, 0.1) is 0 Å². The molecule has 0 aromatic carbocycles. The Kier molecular flexibility index (Phi) is 285. The summed E-state index contributed by atoms with van der Waals surface area (Å²) in [7, 11) is 0. The number of rotatable bonds is 0. The Morgan fingerprint density at radius 2 is 0.286 bits per heavy atom. The van der Waals surface area contributed by atoms with Gasteiger partial charge >= 0.3 is 0 Å². The zero-order valence-corrected chi connectivity index (χ0v) is 13.2. The van der Waals surface area contributed by atoms with E-state index in [0.29, 0.717) is 0 Å². The molecule has 0 saturated heterocycles. The maximum Gasteiger partial charge on any atom is 0 e. The summed E-state index contributed by atoms with van der Waals surface area (Å²) in [5.74, 6) is 0. The summed E-state index contributed by atoms with van der Waals surface area (Å²) in [6, 6.07) is 0. The molecule has 0 N–H and O–H groups in total. The van der Waals surface area contributed by atoms with Crippen molar-refractivity contribution in [3.8, 4) is 0 Å². The Balaban J connectivity index is 0. The monoisotopic (exact) mass is 948 g/mol. The molecule has 0 amide bonds. The summed E-state index contributed by atoms with van der Waals surface area (Å²) in [5, 5.41) is 0. The minimum Gasteiger partial charge on any atom is 0 e. The van der Waals surface area contributed by atoms with E-state index in [1.807, 2.05) is 0 Å². The first-order valence-corrected chi connectivity index (χ1v) is 0. The van der Waals surface area contributed by atoms with Crippen LogP contribution in [0.4, 0.5) is 0 Å². The smallest absolute Gasteiger partial charge is 0 e. The van der Waals surface area contributed by atoms with Crippen molar-refractivity contribution < 1.29 is 192 Å². The molecule has 0 bridgehead atoms. The van der Waals surface area contributed by atoms with Crippen LogP contribution < -0.4 is 0 Å². The van der Waals surface area contributed by atoms with E-state index in [1.54, 1.807) is 0 Å². The molecule has 0 fully saturated rings. The van der Waals surface area contributed by atoms with Gasteiger partial charge in [0.1, 0.15) is 0 Å². The summed E-state index contributed by atoms with van der Waals surface area (Å²) in [4.78, 5) is 0. The first-order chi connectivity index (χ1) is 0. The molecule has 3 radical (unpaired) electrons. The second-order valence-electron chi connectivity index (χ2n) is 0. The molecule has 0 unspecified atom stereocenters. The Hall–Kier alpha value is 6.35. The third-order valence-electron chi connectivity index (χ3n) is 0. The van der Waals surface area contributed by atoms with Gasteiger partial charge in [-0.3, -0.25) is 0 Å². The van der Waals surface area contributed by atoms with Gasteiger partial charge in [0, 0.05) is 192 Å². The van der Waals surface area contributed by atoms with Gasteiger partial charge < -0.3 is 0 Å². The molecule has 7 heteroatoms. The molecule has 0 spiro atoms. The van der Waals surface area contributed by atoms with E-state index in [1.165, 1.54) is 0 Å². The van der Waals surface area contributed by atoms with Crippen LogP contribution in [-0.4, -0.2) is 0 Å². The molecule has 0 aromatic rings. The van der Waals surface area contributed by atoms with E-state index in [4.69, 9.17) is 0 Å². The van der Waals surface area contributed by atoms with Gasteiger partial charge in [-0.25, -0.2) is 0 Å². The summed E-state index contributed by atoms with van der Waals surface area (Å²) in [6.45, 7) is 0. The van der Waals surface area contributed by atoms with E-state index < -0.39 is 0 Å². The molecule has 7 heavy (non-hydrogen) atoms. The normalized spacial score (nSPS) is 0. The molecule has 0 aromatic heterocycles. The van der Waals surface area contributed by atoms with E-state index >= 15 is 0 Å². The van der Waals surface area contributed by atoms with E-state index in [-0.39, 0.29) is 192 Å². The molecule has 0 saturated carbocycles. The summed E-state index contributed by atoms with van der Waals surface area (Å²) in [6.07, 6.45) is 0. The summed E-state index contributed by atoms with van der Waals surface area (Å²) in [5.41, 5.74) is 0. The first-order valence-electron chi connectivity index (χ1n) is 0. The third kappa shape index (κ3) is 32.8. The summed E-state index contributed by atoms with van der Waals surface area (Å²) < 4.78 is 0. The van der Waals surface area contributed by atoms with Crippen LogP contribution >= 0.6 is 0 Å². The standard InChI is InChI=1S/3Lu.4Pd. The van der Waals surface area contributed by atoms with Crippen molar-refractivity contribution in [2.75, 3.05) is 0 Å². The second-order valence-corrected chi connectivity index (χ2v) is 0.